The average molecular weight is 274 g/mol. The molecule has 0 unspecified atom stereocenters. The van der Waals surface area contributed by atoms with Gasteiger partial charge >= 0.3 is 5.97 Å². The number of aliphatic hydroxyl groups excluding tert-OH is 1. The van der Waals surface area contributed by atoms with Crippen molar-refractivity contribution in [2.45, 2.75) is 44.1 Å². The maximum Gasteiger partial charge on any atom is 0.316 e. The van der Waals surface area contributed by atoms with Gasteiger partial charge in [-0.05, 0) is 36.7 Å². The van der Waals surface area contributed by atoms with Gasteiger partial charge in [-0.1, -0.05) is 43.2 Å². The van der Waals surface area contributed by atoms with Crippen molar-refractivity contribution in [3.8, 4) is 0 Å². The number of carbonyl (C=O) groups excluding carboxylic acids is 1. The molecule has 2 saturated carbocycles. The Morgan fingerprint density at radius 2 is 1.80 bits per heavy atom. The number of hydrogen-bond acceptors (Lipinski definition) is 3. The zero-order valence-corrected chi connectivity index (χ0v) is 11.7. The van der Waals surface area contributed by atoms with Gasteiger partial charge in [-0.3, -0.25) is 4.79 Å². The van der Waals surface area contributed by atoms with E-state index in [2.05, 4.69) is 0 Å². The second-order valence-corrected chi connectivity index (χ2v) is 6.22. The molecule has 3 nitrogen and oxygen atoms in total. The Bertz CT molecular complexity index is 445. The number of carbonyl (C=O) groups is 1. The maximum absolute atomic E-state index is 12.3. The smallest absolute Gasteiger partial charge is 0.316 e. The summed E-state index contributed by atoms with van der Waals surface area (Å²) in [5.74, 6) is 0.674. The Balaban J connectivity index is 1.63. The first-order valence-electron chi connectivity index (χ1n) is 7.62. The molecular weight excluding hydrogens is 252 g/mol. The third-order valence-electron chi connectivity index (χ3n) is 4.79. The largest absolute Gasteiger partial charge is 0.462 e. The van der Waals surface area contributed by atoms with E-state index in [0.717, 1.165) is 30.2 Å². The molecule has 0 aromatic heterocycles. The van der Waals surface area contributed by atoms with Gasteiger partial charge in [-0.25, -0.2) is 0 Å². The van der Waals surface area contributed by atoms with Crippen molar-refractivity contribution in [2.24, 2.45) is 11.8 Å². The molecule has 2 bridgehead atoms. The van der Waals surface area contributed by atoms with E-state index in [9.17, 15) is 9.90 Å². The van der Waals surface area contributed by atoms with E-state index in [1.807, 2.05) is 30.3 Å². The number of esters is 1. The van der Waals surface area contributed by atoms with Gasteiger partial charge < -0.3 is 9.84 Å². The summed E-state index contributed by atoms with van der Waals surface area (Å²) in [6.07, 6.45) is 5.98. The molecule has 20 heavy (non-hydrogen) atoms. The van der Waals surface area contributed by atoms with Crippen LogP contribution in [0.4, 0.5) is 0 Å². The molecule has 1 aromatic carbocycles. The first kappa shape index (κ1) is 13.6. The van der Waals surface area contributed by atoms with Gasteiger partial charge in [-0.15, -0.1) is 0 Å². The molecule has 0 amide bonds. The summed E-state index contributed by atoms with van der Waals surface area (Å²) in [6.45, 7) is -0.192. The van der Waals surface area contributed by atoms with Gasteiger partial charge in [0.1, 0.15) is 12.0 Å². The number of rotatable bonds is 4. The third-order valence-corrected chi connectivity index (χ3v) is 4.79. The summed E-state index contributed by atoms with van der Waals surface area (Å²) < 4.78 is 5.68. The molecule has 3 rings (SSSR count). The molecule has 0 heterocycles. The quantitative estimate of drug-likeness (QED) is 0.859. The first-order chi connectivity index (χ1) is 9.76. The normalized spacial score (nSPS) is 29.9. The first-order valence-corrected chi connectivity index (χ1v) is 7.62. The van der Waals surface area contributed by atoms with E-state index in [4.69, 9.17) is 4.74 Å². The Labute approximate surface area is 120 Å². The summed E-state index contributed by atoms with van der Waals surface area (Å²) in [7, 11) is 0. The van der Waals surface area contributed by atoms with E-state index in [-0.39, 0.29) is 18.7 Å². The minimum Gasteiger partial charge on any atom is -0.462 e. The summed E-state index contributed by atoms with van der Waals surface area (Å²) in [6, 6.07) is 9.40. The third kappa shape index (κ3) is 2.88. The Morgan fingerprint density at radius 3 is 2.40 bits per heavy atom. The van der Waals surface area contributed by atoms with Crippen LogP contribution in [0.3, 0.4) is 0 Å². The molecule has 0 saturated heterocycles. The lowest BCUT2D eigenvalue weighted by molar-refractivity contribution is -0.154. The predicted octanol–water partition coefficient (Wildman–Crippen LogP) is 2.88. The predicted molar refractivity (Wildman–Crippen MR) is 76.2 cm³/mol. The van der Waals surface area contributed by atoms with Crippen LogP contribution in [0.25, 0.3) is 0 Å². The van der Waals surface area contributed by atoms with E-state index < -0.39 is 5.92 Å². The molecule has 0 aliphatic heterocycles. The number of benzene rings is 1. The fraction of sp³-hybridized carbons (Fsp3) is 0.588. The van der Waals surface area contributed by atoms with Crippen molar-refractivity contribution in [3.05, 3.63) is 35.9 Å². The fourth-order valence-electron chi connectivity index (χ4n) is 3.79. The highest BCUT2D eigenvalue weighted by Crippen LogP contribution is 2.43. The van der Waals surface area contributed by atoms with Crippen molar-refractivity contribution in [2.75, 3.05) is 6.61 Å². The Hall–Kier alpha value is -1.35. The molecule has 0 spiro atoms. The lowest BCUT2D eigenvalue weighted by Gasteiger charge is -2.28. The van der Waals surface area contributed by atoms with E-state index in [1.165, 1.54) is 19.3 Å². The topological polar surface area (TPSA) is 46.5 Å². The van der Waals surface area contributed by atoms with Crippen molar-refractivity contribution in [1.29, 1.82) is 0 Å². The summed E-state index contributed by atoms with van der Waals surface area (Å²) in [4.78, 5) is 12.3. The molecular formula is C17H22O3. The number of fused-ring (bicyclic) bond motifs is 2. The summed E-state index contributed by atoms with van der Waals surface area (Å²) in [5, 5.41) is 9.49. The van der Waals surface area contributed by atoms with E-state index >= 15 is 0 Å². The van der Waals surface area contributed by atoms with Crippen molar-refractivity contribution in [1.82, 2.24) is 0 Å². The molecule has 2 aliphatic rings. The average Bonchev–Trinajstić information content (AvgIpc) is 2.80. The van der Waals surface area contributed by atoms with Crippen LogP contribution < -0.4 is 0 Å². The molecule has 108 valence electrons. The van der Waals surface area contributed by atoms with Crippen LogP contribution in [0.15, 0.2) is 30.3 Å². The Morgan fingerprint density at radius 1 is 1.15 bits per heavy atom. The second kappa shape index (κ2) is 5.96. The monoisotopic (exact) mass is 274 g/mol. The SMILES string of the molecule is O=C(OC1C[C@H]2CC[C@H](C1)C2)[C@H](CO)c1ccccc1. The van der Waals surface area contributed by atoms with Crippen LogP contribution in [-0.4, -0.2) is 23.8 Å². The number of hydrogen-bond donors (Lipinski definition) is 1. The zero-order valence-electron chi connectivity index (χ0n) is 11.7. The van der Waals surface area contributed by atoms with E-state index in [0.29, 0.717) is 0 Å². The highest BCUT2D eigenvalue weighted by atomic mass is 16.5. The fourth-order valence-corrected chi connectivity index (χ4v) is 3.79. The molecule has 1 N–H and O–H groups in total. The van der Waals surface area contributed by atoms with Gasteiger partial charge in [0.05, 0.1) is 6.61 Å². The molecule has 0 radical (unpaired) electrons. The number of ether oxygens (including phenoxy) is 1. The van der Waals surface area contributed by atoms with Gasteiger partial charge in [-0.2, -0.15) is 0 Å². The van der Waals surface area contributed by atoms with Crippen LogP contribution in [0.2, 0.25) is 0 Å². The van der Waals surface area contributed by atoms with Crippen LogP contribution in [-0.2, 0) is 9.53 Å². The van der Waals surface area contributed by atoms with Gasteiger partial charge in [0.25, 0.3) is 0 Å². The lowest BCUT2D eigenvalue weighted by atomic mass is 9.87. The highest BCUT2D eigenvalue weighted by molar-refractivity contribution is 5.78. The molecule has 2 aliphatic carbocycles. The van der Waals surface area contributed by atoms with Crippen LogP contribution >= 0.6 is 0 Å². The molecule has 2 fully saturated rings. The minimum atomic E-state index is -0.546. The minimum absolute atomic E-state index is 0.0616. The van der Waals surface area contributed by atoms with Crippen LogP contribution in [0.1, 0.15) is 43.6 Å². The maximum atomic E-state index is 12.3. The highest BCUT2D eigenvalue weighted by Gasteiger charge is 2.36. The molecule has 3 atom stereocenters. The standard InChI is InChI=1S/C17H22O3/c18-11-16(14-4-2-1-3-5-14)17(19)20-15-9-12-6-7-13(8-12)10-15/h1-5,12-13,15-16,18H,6-11H2/t12-,13-,16+/m0/s1. The van der Waals surface area contributed by atoms with Crippen LogP contribution in [0, 0.1) is 11.8 Å². The summed E-state index contributed by atoms with van der Waals surface area (Å²) >= 11 is 0. The van der Waals surface area contributed by atoms with Crippen molar-refractivity contribution < 1.29 is 14.6 Å². The zero-order chi connectivity index (χ0) is 13.9. The van der Waals surface area contributed by atoms with Crippen LogP contribution in [0.5, 0.6) is 0 Å². The van der Waals surface area contributed by atoms with Crippen molar-refractivity contribution in [3.63, 3.8) is 0 Å². The number of aliphatic hydroxyl groups is 1. The van der Waals surface area contributed by atoms with Crippen molar-refractivity contribution >= 4 is 5.97 Å². The van der Waals surface area contributed by atoms with Gasteiger partial charge in [0.15, 0.2) is 0 Å². The molecule has 3 heteroatoms. The van der Waals surface area contributed by atoms with Gasteiger partial charge in [0.2, 0.25) is 0 Å². The van der Waals surface area contributed by atoms with Gasteiger partial charge in [0, 0.05) is 0 Å². The summed E-state index contributed by atoms with van der Waals surface area (Å²) in [5.41, 5.74) is 0.832. The molecule has 1 aromatic rings. The van der Waals surface area contributed by atoms with E-state index in [1.54, 1.807) is 0 Å². The lowest BCUT2D eigenvalue weighted by Crippen LogP contribution is -2.29. The Kier molecular flexibility index (Phi) is 4.06. The second-order valence-electron chi connectivity index (χ2n) is 6.22.